The number of nitrogens with zero attached hydrogens (tertiary/aromatic N) is 3. The Morgan fingerprint density at radius 3 is 2.67 bits per heavy atom. The first-order chi connectivity index (χ1) is 11.5. The van der Waals surface area contributed by atoms with Crippen LogP contribution in [0.4, 0.5) is 4.39 Å². The van der Waals surface area contributed by atoms with Crippen molar-refractivity contribution in [2.24, 2.45) is 0 Å². The monoisotopic (exact) mass is 387 g/mol. The van der Waals surface area contributed by atoms with E-state index in [1.807, 2.05) is 24.4 Å². The molecule has 3 rings (SSSR count). The third kappa shape index (κ3) is 3.54. The topological polar surface area (TPSA) is 38.1 Å². The van der Waals surface area contributed by atoms with Gasteiger partial charge in [-0.25, -0.2) is 9.07 Å². The Morgan fingerprint density at radius 1 is 1.25 bits per heavy atom. The van der Waals surface area contributed by atoms with Crippen LogP contribution in [0.2, 0.25) is 0 Å². The summed E-state index contributed by atoms with van der Waals surface area (Å²) in [5, 5.41) is 4.15. The lowest BCUT2D eigenvalue weighted by atomic mass is 10.1. The smallest absolute Gasteiger partial charge is 0.253 e. The lowest BCUT2D eigenvalue weighted by Crippen LogP contribution is -2.26. The maximum atomic E-state index is 13.8. The van der Waals surface area contributed by atoms with Crippen molar-refractivity contribution in [1.29, 1.82) is 0 Å². The molecule has 0 aliphatic rings. The average molecular weight is 388 g/mol. The molecule has 24 heavy (non-hydrogen) atoms. The fourth-order valence-electron chi connectivity index (χ4n) is 2.39. The molecule has 4 nitrogen and oxygen atoms in total. The van der Waals surface area contributed by atoms with E-state index in [0.717, 1.165) is 10.2 Å². The van der Waals surface area contributed by atoms with Crippen molar-refractivity contribution in [3.05, 3.63) is 82.3 Å². The standard InChI is InChI=1S/C18H15BrFN3O/c1-22(12-14-11-15(19)5-8-17(14)20)18(24)13-3-6-16(7-4-13)23-10-2-9-21-23/h2-11H,12H2,1H3. The molecule has 6 heteroatoms. The van der Waals surface area contributed by atoms with Crippen LogP contribution >= 0.6 is 15.9 Å². The van der Waals surface area contributed by atoms with Crippen LogP contribution < -0.4 is 0 Å². The number of carbonyl (C=O) groups is 1. The Bertz CT molecular complexity index is 847. The summed E-state index contributed by atoms with van der Waals surface area (Å²) >= 11 is 3.32. The molecular weight excluding hydrogens is 373 g/mol. The molecule has 0 radical (unpaired) electrons. The SMILES string of the molecule is CN(Cc1cc(Br)ccc1F)C(=O)c1ccc(-n2cccn2)cc1. The second kappa shape index (κ2) is 6.97. The summed E-state index contributed by atoms with van der Waals surface area (Å²) in [6.07, 6.45) is 3.53. The Hall–Kier alpha value is -2.47. The van der Waals surface area contributed by atoms with Gasteiger partial charge >= 0.3 is 0 Å². The minimum atomic E-state index is -0.327. The first-order valence-electron chi connectivity index (χ1n) is 7.34. The minimum Gasteiger partial charge on any atom is -0.337 e. The fourth-order valence-corrected chi connectivity index (χ4v) is 2.80. The van der Waals surface area contributed by atoms with Gasteiger partial charge in [0.2, 0.25) is 0 Å². The van der Waals surface area contributed by atoms with E-state index in [1.165, 1.54) is 11.0 Å². The normalized spacial score (nSPS) is 10.6. The van der Waals surface area contributed by atoms with E-state index in [-0.39, 0.29) is 18.3 Å². The van der Waals surface area contributed by atoms with E-state index in [0.29, 0.717) is 11.1 Å². The molecule has 3 aromatic rings. The Morgan fingerprint density at radius 2 is 2.00 bits per heavy atom. The van der Waals surface area contributed by atoms with Crippen LogP contribution in [0.3, 0.4) is 0 Å². The predicted molar refractivity (Wildman–Crippen MR) is 93.5 cm³/mol. The highest BCUT2D eigenvalue weighted by atomic mass is 79.9. The van der Waals surface area contributed by atoms with E-state index in [4.69, 9.17) is 0 Å². The highest BCUT2D eigenvalue weighted by Gasteiger charge is 2.14. The quantitative estimate of drug-likeness (QED) is 0.677. The summed E-state index contributed by atoms with van der Waals surface area (Å²) in [5.41, 5.74) is 1.88. The second-order valence-corrected chi connectivity index (χ2v) is 6.31. The van der Waals surface area contributed by atoms with Crippen LogP contribution in [-0.2, 0) is 6.54 Å². The number of hydrogen-bond donors (Lipinski definition) is 0. The number of hydrogen-bond acceptors (Lipinski definition) is 2. The van der Waals surface area contributed by atoms with Crippen LogP contribution in [0, 0.1) is 5.82 Å². The van der Waals surface area contributed by atoms with Gasteiger partial charge in [-0.3, -0.25) is 4.79 Å². The van der Waals surface area contributed by atoms with E-state index >= 15 is 0 Å². The minimum absolute atomic E-state index is 0.165. The maximum Gasteiger partial charge on any atom is 0.253 e. The van der Waals surface area contributed by atoms with Crippen molar-refractivity contribution >= 4 is 21.8 Å². The zero-order chi connectivity index (χ0) is 17.1. The highest BCUT2D eigenvalue weighted by molar-refractivity contribution is 9.10. The maximum absolute atomic E-state index is 13.8. The van der Waals surface area contributed by atoms with Crippen molar-refractivity contribution < 1.29 is 9.18 Å². The number of benzene rings is 2. The number of carbonyl (C=O) groups excluding carboxylic acids is 1. The molecule has 0 N–H and O–H groups in total. The van der Waals surface area contributed by atoms with Gasteiger partial charge in [-0.05, 0) is 48.5 Å². The molecule has 1 heterocycles. The predicted octanol–water partition coefficient (Wildman–Crippen LogP) is 4.05. The molecule has 0 bridgehead atoms. The zero-order valence-electron chi connectivity index (χ0n) is 13.0. The molecule has 0 unspecified atom stereocenters. The van der Waals surface area contributed by atoms with Gasteiger partial charge in [0, 0.05) is 41.6 Å². The van der Waals surface area contributed by atoms with Crippen molar-refractivity contribution in [3.63, 3.8) is 0 Å². The Balaban J connectivity index is 1.74. The van der Waals surface area contributed by atoms with Crippen LogP contribution in [-0.4, -0.2) is 27.6 Å². The molecule has 0 saturated heterocycles. The summed E-state index contributed by atoms with van der Waals surface area (Å²) in [6.45, 7) is 0.199. The van der Waals surface area contributed by atoms with Crippen molar-refractivity contribution in [3.8, 4) is 5.69 Å². The van der Waals surface area contributed by atoms with Gasteiger partial charge in [0.05, 0.1) is 5.69 Å². The number of amides is 1. The van der Waals surface area contributed by atoms with E-state index < -0.39 is 0 Å². The summed E-state index contributed by atoms with van der Waals surface area (Å²) in [5.74, 6) is -0.492. The van der Waals surface area contributed by atoms with Crippen molar-refractivity contribution in [2.75, 3.05) is 7.05 Å². The summed E-state index contributed by atoms with van der Waals surface area (Å²) in [4.78, 5) is 14.0. The van der Waals surface area contributed by atoms with Gasteiger partial charge in [-0.2, -0.15) is 5.10 Å². The summed E-state index contributed by atoms with van der Waals surface area (Å²) in [7, 11) is 1.66. The van der Waals surface area contributed by atoms with Gasteiger partial charge in [-0.15, -0.1) is 0 Å². The van der Waals surface area contributed by atoms with Gasteiger partial charge < -0.3 is 4.90 Å². The van der Waals surface area contributed by atoms with E-state index in [1.54, 1.807) is 42.2 Å². The van der Waals surface area contributed by atoms with Crippen LogP contribution in [0.5, 0.6) is 0 Å². The molecule has 1 aromatic heterocycles. The lowest BCUT2D eigenvalue weighted by molar-refractivity contribution is 0.0784. The van der Waals surface area contributed by atoms with E-state index in [9.17, 15) is 9.18 Å². The summed E-state index contributed by atoms with van der Waals surface area (Å²) < 4.78 is 16.3. The van der Waals surface area contributed by atoms with Gasteiger partial charge in [-0.1, -0.05) is 15.9 Å². The molecule has 0 fully saturated rings. The molecule has 0 aliphatic carbocycles. The third-order valence-electron chi connectivity index (χ3n) is 3.65. The number of halogens is 2. The number of rotatable bonds is 4. The van der Waals surface area contributed by atoms with Crippen molar-refractivity contribution in [1.82, 2.24) is 14.7 Å². The highest BCUT2D eigenvalue weighted by Crippen LogP contribution is 2.18. The van der Waals surface area contributed by atoms with Crippen molar-refractivity contribution in [2.45, 2.75) is 6.54 Å². The molecule has 0 spiro atoms. The fraction of sp³-hybridized carbons (Fsp3) is 0.111. The van der Waals surface area contributed by atoms with Crippen LogP contribution in [0.15, 0.2) is 65.4 Å². The van der Waals surface area contributed by atoms with Crippen LogP contribution in [0.25, 0.3) is 5.69 Å². The van der Waals surface area contributed by atoms with Gasteiger partial charge in [0.15, 0.2) is 0 Å². The number of aromatic nitrogens is 2. The molecule has 2 aromatic carbocycles. The molecule has 122 valence electrons. The van der Waals surface area contributed by atoms with Gasteiger partial charge in [0.25, 0.3) is 5.91 Å². The molecule has 0 atom stereocenters. The first-order valence-corrected chi connectivity index (χ1v) is 8.13. The third-order valence-corrected chi connectivity index (χ3v) is 4.14. The second-order valence-electron chi connectivity index (χ2n) is 5.39. The first kappa shape index (κ1) is 16.4. The molecule has 1 amide bonds. The molecule has 0 saturated carbocycles. The van der Waals surface area contributed by atoms with Crippen LogP contribution in [0.1, 0.15) is 15.9 Å². The zero-order valence-corrected chi connectivity index (χ0v) is 14.6. The van der Waals surface area contributed by atoms with Gasteiger partial charge in [0.1, 0.15) is 5.82 Å². The molecular formula is C18H15BrFN3O. The van der Waals surface area contributed by atoms with E-state index in [2.05, 4.69) is 21.0 Å². The Kier molecular flexibility index (Phi) is 4.76. The average Bonchev–Trinajstić information content (AvgIpc) is 3.12. The molecule has 0 aliphatic heterocycles. The lowest BCUT2D eigenvalue weighted by Gasteiger charge is -2.18. The summed E-state index contributed by atoms with van der Waals surface area (Å²) in [6, 6.07) is 13.7. The largest absolute Gasteiger partial charge is 0.337 e. The Labute approximate surface area is 147 Å².